The van der Waals surface area contributed by atoms with E-state index in [0.29, 0.717) is 0 Å². The summed E-state index contributed by atoms with van der Waals surface area (Å²) < 4.78 is 0. The summed E-state index contributed by atoms with van der Waals surface area (Å²) in [5.74, 6) is 0.884. The third-order valence-electron chi connectivity index (χ3n) is 4.08. The van der Waals surface area contributed by atoms with E-state index in [1.807, 2.05) is 6.07 Å². The summed E-state index contributed by atoms with van der Waals surface area (Å²) >= 11 is 0. The molecule has 1 heterocycles. The SMILES string of the molecule is Cc1ccc2ncnc(NCc3ccc(N(C)C)cc3C)c2c1. The maximum Gasteiger partial charge on any atom is 0.137 e. The lowest BCUT2D eigenvalue weighted by molar-refractivity contribution is 1.07. The zero-order valence-electron chi connectivity index (χ0n) is 14.1. The highest BCUT2D eigenvalue weighted by Gasteiger charge is 2.06. The van der Waals surface area contributed by atoms with Crippen molar-refractivity contribution < 1.29 is 0 Å². The Balaban J connectivity index is 1.85. The van der Waals surface area contributed by atoms with E-state index in [-0.39, 0.29) is 0 Å². The van der Waals surface area contributed by atoms with Crippen LogP contribution in [0.4, 0.5) is 11.5 Å². The quantitative estimate of drug-likeness (QED) is 0.793. The number of aryl methyl sites for hydroxylation is 2. The lowest BCUT2D eigenvalue weighted by atomic mass is 10.1. The molecule has 0 atom stereocenters. The molecule has 0 unspecified atom stereocenters. The Bertz CT molecular complexity index is 840. The molecule has 0 aliphatic heterocycles. The van der Waals surface area contributed by atoms with Crippen molar-refractivity contribution in [3.8, 4) is 0 Å². The number of nitrogens with one attached hydrogen (secondary N) is 1. The molecule has 0 saturated heterocycles. The first-order valence-electron chi connectivity index (χ1n) is 7.76. The Morgan fingerprint density at radius 1 is 1.00 bits per heavy atom. The molecule has 1 aromatic heterocycles. The smallest absolute Gasteiger partial charge is 0.137 e. The minimum absolute atomic E-state index is 0.750. The predicted molar refractivity (Wildman–Crippen MR) is 97.1 cm³/mol. The van der Waals surface area contributed by atoms with Crippen molar-refractivity contribution in [1.29, 1.82) is 0 Å². The van der Waals surface area contributed by atoms with E-state index in [2.05, 4.69) is 78.5 Å². The monoisotopic (exact) mass is 306 g/mol. The number of hydrogen-bond donors (Lipinski definition) is 1. The first-order valence-corrected chi connectivity index (χ1v) is 7.76. The second-order valence-electron chi connectivity index (χ2n) is 6.10. The van der Waals surface area contributed by atoms with Crippen molar-refractivity contribution in [1.82, 2.24) is 9.97 Å². The molecular weight excluding hydrogens is 284 g/mol. The minimum Gasteiger partial charge on any atom is -0.378 e. The zero-order valence-corrected chi connectivity index (χ0v) is 14.1. The van der Waals surface area contributed by atoms with Gasteiger partial charge in [0, 0.05) is 31.7 Å². The van der Waals surface area contributed by atoms with Gasteiger partial charge in [-0.15, -0.1) is 0 Å². The van der Waals surface area contributed by atoms with Crippen LogP contribution in [0.1, 0.15) is 16.7 Å². The van der Waals surface area contributed by atoms with Gasteiger partial charge in [0.15, 0.2) is 0 Å². The van der Waals surface area contributed by atoms with Crippen LogP contribution in [0.15, 0.2) is 42.7 Å². The molecular formula is C19H22N4. The van der Waals surface area contributed by atoms with Gasteiger partial charge in [0.25, 0.3) is 0 Å². The molecule has 0 aliphatic rings. The molecule has 0 radical (unpaired) electrons. The fourth-order valence-corrected chi connectivity index (χ4v) is 2.65. The van der Waals surface area contributed by atoms with Crippen molar-refractivity contribution >= 4 is 22.4 Å². The van der Waals surface area contributed by atoms with Crippen molar-refractivity contribution in [2.24, 2.45) is 0 Å². The highest BCUT2D eigenvalue weighted by Crippen LogP contribution is 2.22. The second kappa shape index (κ2) is 6.24. The van der Waals surface area contributed by atoms with Gasteiger partial charge in [-0.3, -0.25) is 0 Å². The molecule has 3 aromatic rings. The maximum atomic E-state index is 4.41. The van der Waals surface area contributed by atoms with Gasteiger partial charge in [-0.05, 0) is 49.2 Å². The molecule has 0 fully saturated rings. The Kier molecular flexibility index (Phi) is 4.15. The lowest BCUT2D eigenvalue weighted by Gasteiger charge is -2.16. The van der Waals surface area contributed by atoms with E-state index in [1.165, 1.54) is 22.4 Å². The molecule has 0 saturated carbocycles. The van der Waals surface area contributed by atoms with Gasteiger partial charge in [0.2, 0.25) is 0 Å². The summed E-state index contributed by atoms with van der Waals surface area (Å²) in [5, 5.41) is 4.52. The van der Waals surface area contributed by atoms with Crippen LogP contribution in [-0.2, 0) is 6.54 Å². The molecule has 23 heavy (non-hydrogen) atoms. The Morgan fingerprint density at radius 2 is 1.83 bits per heavy atom. The normalized spacial score (nSPS) is 10.8. The number of fused-ring (bicyclic) bond motifs is 1. The molecule has 0 spiro atoms. The summed E-state index contributed by atoms with van der Waals surface area (Å²) in [4.78, 5) is 10.9. The van der Waals surface area contributed by atoms with E-state index < -0.39 is 0 Å². The summed E-state index contributed by atoms with van der Waals surface area (Å²) in [6.07, 6.45) is 1.61. The topological polar surface area (TPSA) is 41.1 Å². The minimum atomic E-state index is 0.750. The van der Waals surface area contributed by atoms with E-state index in [0.717, 1.165) is 23.3 Å². The Morgan fingerprint density at radius 3 is 2.57 bits per heavy atom. The number of nitrogens with zero attached hydrogens (tertiary/aromatic N) is 3. The van der Waals surface area contributed by atoms with Gasteiger partial charge in [-0.1, -0.05) is 17.7 Å². The van der Waals surface area contributed by atoms with Gasteiger partial charge in [0.1, 0.15) is 12.1 Å². The first-order chi connectivity index (χ1) is 11.0. The largest absolute Gasteiger partial charge is 0.378 e. The third kappa shape index (κ3) is 3.26. The third-order valence-corrected chi connectivity index (χ3v) is 4.08. The van der Waals surface area contributed by atoms with E-state index in [4.69, 9.17) is 0 Å². The number of aromatic nitrogens is 2. The van der Waals surface area contributed by atoms with Crippen molar-refractivity contribution in [2.45, 2.75) is 20.4 Å². The number of anilines is 2. The zero-order chi connectivity index (χ0) is 16.4. The molecule has 2 aromatic carbocycles. The van der Waals surface area contributed by atoms with Gasteiger partial charge in [-0.25, -0.2) is 9.97 Å². The molecule has 118 valence electrons. The first kappa shape index (κ1) is 15.3. The van der Waals surface area contributed by atoms with E-state index >= 15 is 0 Å². The van der Waals surface area contributed by atoms with E-state index in [1.54, 1.807) is 6.33 Å². The van der Waals surface area contributed by atoms with Crippen LogP contribution in [0.5, 0.6) is 0 Å². The van der Waals surface area contributed by atoms with Gasteiger partial charge in [0.05, 0.1) is 5.52 Å². The molecule has 0 amide bonds. The number of rotatable bonds is 4. The van der Waals surface area contributed by atoms with Crippen LogP contribution in [0.3, 0.4) is 0 Å². The van der Waals surface area contributed by atoms with Gasteiger partial charge < -0.3 is 10.2 Å². The molecule has 3 rings (SSSR count). The fraction of sp³-hybridized carbons (Fsp3) is 0.263. The predicted octanol–water partition coefficient (Wildman–Crippen LogP) is 3.92. The van der Waals surface area contributed by atoms with Crippen LogP contribution < -0.4 is 10.2 Å². The molecule has 4 nitrogen and oxygen atoms in total. The van der Waals surface area contributed by atoms with Crippen LogP contribution in [-0.4, -0.2) is 24.1 Å². The summed E-state index contributed by atoms with van der Waals surface area (Å²) in [6.45, 7) is 4.98. The lowest BCUT2D eigenvalue weighted by Crippen LogP contribution is -2.10. The van der Waals surface area contributed by atoms with Crippen molar-refractivity contribution in [3.63, 3.8) is 0 Å². The van der Waals surface area contributed by atoms with Crippen LogP contribution >= 0.6 is 0 Å². The van der Waals surface area contributed by atoms with Crippen LogP contribution in [0.25, 0.3) is 10.9 Å². The Labute approximate surface area is 137 Å². The standard InChI is InChI=1S/C19H22N4/c1-13-5-8-18-17(9-13)19(22-12-21-18)20-11-15-6-7-16(23(3)4)10-14(15)2/h5-10,12H,11H2,1-4H3,(H,20,21,22). The van der Waals surface area contributed by atoms with Crippen molar-refractivity contribution in [2.75, 3.05) is 24.3 Å². The fourth-order valence-electron chi connectivity index (χ4n) is 2.65. The summed E-state index contributed by atoms with van der Waals surface area (Å²) in [5.41, 5.74) is 5.94. The number of benzene rings is 2. The van der Waals surface area contributed by atoms with E-state index in [9.17, 15) is 0 Å². The van der Waals surface area contributed by atoms with Crippen LogP contribution in [0.2, 0.25) is 0 Å². The van der Waals surface area contributed by atoms with Gasteiger partial charge in [-0.2, -0.15) is 0 Å². The average molecular weight is 306 g/mol. The summed E-state index contributed by atoms with van der Waals surface area (Å²) in [6, 6.07) is 12.8. The summed E-state index contributed by atoms with van der Waals surface area (Å²) in [7, 11) is 4.12. The average Bonchev–Trinajstić information content (AvgIpc) is 2.53. The van der Waals surface area contributed by atoms with Gasteiger partial charge >= 0.3 is 0 Å². The molecule has 1 N–H and O–H groups in total. The number of hydrogen-bond acceptors (Lipinski definition) is 4. The molecule has 0 aliphatic carbocycles. The Hall–Kier alpha value is -2.62. The second-order valence-corrected chi connectivity index (χ2v) is 6.10. The highest BCUT2D eigenvalue weighted by molar-refractivity contribution is 5.89. The van der Waals surface area contributed by atoms with Crippen LogP contribution in [0, 0.1) is 13.8 Å². The maximum absolute atomic E-state index is 4.41. The molecule has 0 bridgehead atoms. The molecule has 4 heteroatoms. The van der Waals surface area contributed by atoms with Crippen molar-refractivity contribution in [3.05, 3.63) is 59.4 Å². The highest BCUT2D eigenvalue weighted by atomic mass is 15.1.